The first-order valence-corrected chi connectivity index (χ1v) is 11.5. The van der Waals surface area contributed by atoms with E-state index in [4.69, 9.17) is 4.74 Å². The predicted octanol–water partition coefficient (Wildman–Crippen LogP) is 3.15. The lowest BCUT2D eigenvalue weighted by atomic mass is 9.90. The number of imide groups is 1. The van der Waals surface area contributed by atoms with Crippen molar-refractivity contribution in [2.45, 2.75) is 31.2 Å². The van der Waals surface area contributed by atoms with Crippen LogP contribution in [0.15, 0.2) is 54.7 Å². The Morgan fingerprint density at radius 1 is 1.18 bits per heavy atom. The molecule has 3 N–H and O–H groups in total. The molecule has 4 amide bonds. The van der Waals surface area contributed by atoms with Gasteiger partial charge in [0, 0.05) is 29.6 Å². The van der Waals surface area contributed by atoms with Crippen LogP contribution in [0.1, 0.15) is 36.8 Å². The molecule has 0 spiro atoms. The number of nitrogens with one attached hydrogen (secondary N) is 3. The van der Waals surface area contributed by atoms with Crippen molar-refractivity contribution >= 4 is 28.7 Å². The molecular weight excluding hydrogens is 432 g/mol. The van der Waals surface area contributed by atoms with Crippen molar-refractivity contribution in [1.82, 2.24) is 20.5 Å². The maximum absolute atomic E-state index is 12.9. The normalized spacial score (nSPS) is 20.9. The first kappa shape index (κ1) is 22.0. The van der Waals surface area contributed by atoms with Gasteiger partial charge in [-0.1, -0.05) is 30.3 Å². The molecule has 0 radical (unpaired) electrons. The number of nitrogens with zero attached hydrogens (tertiary/aromatic N) is 1. The van der Waals surface area contributed by atoms with Crippen molar-refractivity contribution in [1.29, 1.82) is 0 Å². The summed E-state index contributed by atoms with van der Waals surface area (Å²) in [6.45, 7) is 1.77. The average Bonchev–Trinajstić information content (AvgIpc) is 3.59. The van der Waals surface area contributed by atoms with Crippen LogP contribution in [0.5, 0.6) is 5.75 Å². The Morgan fingerprint density at radius 2 is 1.91 bits per heavy atom. The van der Waals surface area contributed by atoms with Gasteiger partial charge >= 0.3 is 6.03 Å². The van der Waals surface area contributed by atoms with Crippen LogP contribution in [0.25, 0.3) is 10.9 Å². The highest BCUT2D eigenvalue weighted by Gasteiger charge is 2.56. The lowest BCUT2D eigenvalue weighted by Crippen LogP contribution is -2.47. The molecule has 3 aromatic rings. The topological polar surface area (TPSA) is 104 Å². The van der Waals surface area contributed by atoms with Gasteiger partial charge in [-0.25, -0.2) is 4.79 Å². The zero-order chi connectivity index (χ0) is 23.9. The van der Waals surface area contributed by atoms with Crippen LogP contribution in [-0.2, 0) is 9.59 Å². The summed E-state index contributed by atoms with van der Waals surface area (Å²) in [6.07, 6.45) is 3.79. The number of fused-ring (bicyclic) bond motifs is 1. The first-order valence-electron chi connectivity index (χ1n) is 11.5. The van der Waals surface area contributed by atoms with Crippen molar-refractivity contribution in [2.24, 2.45) is 5.92 Å². The summed E-state index contributed by atoms with van der Waals surface area (Å²) in [5.41, 5.74) is 2.19. The van der Waals surface area contributed by atoms with Crippen molar-refractivity contribution in [3.63, 3.8) is 0 Å². The minimum absolute atomic E-state index is 0.133. The van der Waals surface area contributed by atoms with E-state index in [1.807, 2.05) is 54.7 Å². The number of para-hydroxylation sites is 1. The summed E-state index contributed by atoms with van der Waals surface area (Å²) < 4.78 is 5.29. The minimum Gasteiger partial charge on any atom is -0.497 e. The summed E-state index contributed by atoms with van der Waals surface area (Å²) in [4.78, 5) is 42.4. The minimum atomic E-state index is -0.896. The molecule has 8 nitrogen and oxygen atoms in total. The lowest BCUT2D eigenvalue weighted by Gasteiger charge is -2.21. The first-order chi connectivity index (χ1) is 16.4. The Labute approximate surface area is 197 Å². The number of benzene rings is 2. The summed E-state index contributed by atoms with van der Waals surface area (Å²) >= 11 is 0. The van der Waals surface area contributed by atoms with E-state index < -0.39 is 11.6 Å². The molecule has 8 heteroatoms. The van der Waals surface area contributed by atoms with Gasteiger partial charge in [0.1, 0.15) is 17.8 Å². The third-order valence-corrected chi connectivity index (χ3v) is 7.01. The third-order valence-electron chi connectivity index (χ3n) is 7.01. The monoisotopic (exact) mass is 460 g/mol. The van der Waals surface area contributed by atoms with Gasteiger partial charge in [0.2, 0.25) is 5.91 Å². The standard InChI is InChI=1S/C26H28N4O4/c1-26(17-9-10-17)24(32)30(25(33)29-26)15-23(31)28-13-20(16-7-11-18(34-2)12-8-16)21-14-27-22-6-4-3-5-19(21)22/h3-8,11-12,14,17,20,27H,9-10,13,15H2,1-2H3,(H,28,31)(H,29,33). The molecule has 0 bridgehead atoms. The van der Waals surface area contributed by atoms with Crippen LogP contribution < -0.4 is 15.4 Å². The number of methoxy groups -OCH3 is 1. The van der Waals surface area contributed by atoms with Crippen molar-refractivity contribution in [3.8, 4) is 5.75 Å². The van der Waals surface area contributed by atoms with E-state index in [9.17, 15) is 14.4 Å². The Bertz CT molecular complexity index is 1250. The van der Waals surface area contributed by atoms with E-state index in [-0.39, 0.29) is 30.2 Å². The second-order valence-electron chi connectivity index (χ2n) is 9.22. The van der Waals surface area contributed by atoms with Gasteiger partial charge in [0.25, 0.3) is 5.91 Å². The molecule has 2 heterocycles. The van der Waals surface area contributed by atoms with Crippen LogP contribution in [0.4, 0.5) is 4.79 Å². The molecule has 2 atom stereocenters. The second-order valence-corrected chi connectivity index (χ2v) is 9.22. The van der Waals surface area contributed by atoms with Gasteiger partial charge < -0.3 is 20.4 Å². The molecule has 1 aliphatic carbocycles. The van der Waals surface area contributed by atoms with Crippen LogP contribution in [-0.4, -0.2) is 53.5 Å². The number of aromatic amines is 1. The van der Waals surface area contributed by atoms with Crippen LogP contribution in [0, 0.1) is 5.92 Å². The molecule has 5 rings (SSSR count). The predicted molar refractivity (Wildman–Crippen MR) is 128 cm³/mol. The smallest absolute Gasteiger partial charge is 0.325 e. The molecule has 1 saturated heterocycles. The lowest BCUT2D eigenvalue weighted by molar-refractivity contribution is -0.135. The van der Waals surface area contributed by atoms with E-state index in [0.29, 0.717) is 6.54 Å². The Kier molecular flexibility index (Phi) is 5.51. The fraction of sp³-hybridized carbons (Fsp3) is 0.346. The number of ether oxygens (including phenoxy) is 1. The highest BCUT2D eigenvalue weighted by atomic mass is 16.5. The van der Waals surface area contributed by atoms with Crippen LogP contribution >= 0.6 is 0 Å². The van der Waals surface area contributed by atoms with E-state index in [1.165, 1.54) is 0 Å². The maximum atomic E-state index is 12.9. The maximum Gasteiger partial charge on any atom is 0.325 e. The number of hydrogen-bond acceptors (Lipinski definition) is 4. The van der Waals surface area contributed by atoms with Crippen LogP contribution in [0.3, 0.4) is 0 Å². The van der Waals surface area contributed by atoms with Gasteiger partial charge in [-0.05, 0) is 55.0 Å². The highest BCUT2D eigenvalue weighted by molar-refractivity contribution is 6.09. The fourth-order valence-electron chi connectivity index (χ4n) is 4.84. The number of hydrogen-bond donors (Lipinski definition) is 3. The molecule has 1 aromatic heterocycles. The number of urea groups is 1. The number of rotatable bonds is 8. The SMILES string of the molecule is COc1ccc(C(CNC(=O)CN2C(=O)NC(C)(C3CC3)C2=O)c2c[nH]c3ccccc23)cc1. The number of H-pyrrole nitrogens is 1. The largest absolute Gasteiger partial charge is 0.497 e. The summed E-state index contributed by atoms with van der Waals surface area (Å²) in [7, 11) is 1.62. The Balaban J connectivity index is 1.34. The molecular formula is C26H28N4O4. The molecule has 176 valence electrons. The summed E-state index contributed by atoms with van der Waals surface area (Å²) in [5, 5.41) is 6.80. The second kappa shape index (κ2) is 8.52. The summed E-state index contributed by atoms with van der Waals surface area (Å²) in [5.74, 6) is 0.0762. The molecule has 2 aromatic carbocycles. The van der Waals surface area contributed by atoms with E-state index in [2.05, 4.69) is 15.6 Å². The number of carbonyl (C=O) groups is 3. The Hall–Kier alpha value is -3.81. The van der Waals surface area contributed by atoms with Gasteiger partial charge in [0.15, 0.2) is 0 Å². The van der Waals surface area contributed by atoms with Crippen molar-refractivity contribution in [3.05, 3.63) is 65.9 Å². The number of amides is 4. The highest BCUT2D eigenvalue weighted by Crippen LogP contribution is 2.42. The van der Waals surface area contributed by atoms with Gasteiger partial charge in [-0.2, -0.15) is 0 Å². The van der Waals surface area contributed by atoms with Crippen molar-refractivity contribution < 1.29 is 19.1 Å². The molecule has 2 aliphatic rings. The number of aromatic nitrogens is 1. The zero-order valence-corrected chi connectivity index (χ0v) is 19.3. The quantitative estimate of drug-likeness (QED) is 0.449. The molecule has 1 aliphatic heterocycles. The van der Waals surface area contributed by atoms with Crippen LogP contribution in [0.2, 0.25) is 0 Å². The molecule has 1 saturated carbocycles. The van der Waals surface area contributed by atoms with E-state index >= 15 is 0 Å². The average molecular weight is 461 g/mol. The molecule has 2 fully saturated rings. The number of carbonyl (C=O) groups excluding carboxylic acids is 3. The van der Waals surface area contributed by atoms with Gasteiger partial charge in [-0.15, -0.1) is 0 Å². The van der Waals surface area contributed by atoms with Gasteiger partial charge in [-0.3, -0.25) is 14.5 Å². The van der Waals surface area contributed by atoms with Gasteiger partial charge in [0.05, 0.1) is 7.11 Å². The van der Waals surface area contributed by atoms with E-state index in [0.717, 1.165) is 45.5 Å². The molecule has 34 heavy (non-hydrogen) atoms. The molecule has 2 unspecified atom stereocenters. The fourth-order valence-corrected chi connectivity index (χ4v) is 4.84. The third kappa shape index (κ3) is 3.89. The van der Waals surface area contributed by atoms with E-state index in [1.54, 1.807) is 14.0 Å². The zero-order valence-electron chi connectivity index (χ0n) is 19.3. The summed E-state index contributed by atoms with van der Waals surface area (Å²) in [6, 6.07) is 15.3. The Morgan fingerprint density at radius 3 is 2.62 bits per heavy atom. The van der Waals surface area contributed by atoms with Crippen molar-refractivity contribution in [2.75, 3.05) is 20.2 Å².